The first-order valence-corrected chi connectivity index (χ1v) is 5.92. The van der Waals surface area contributed by atoms with Crippen molar-refractivity contribution in [2.24, 2.45) is 0 Å². The Morgan fingerprint density at radius 1 is 1.42 bits per heavy atom. The van der Waals surface area contributed by atoms with E-state index in [0.29, 0.717) is 36.7 Å². The van der Waals surface area contributed by atoms with Gasteiger partial charge >= 0.3 is 6.09 Å². The van der Waals surface area contributed by atoms with Crippen molar-refractivity contribution in [3.8, 4) is 0 Å². The highest BCUT2D eigenvalue weighted by Gasteiger charge is 2.51. The summed E-state index contributed by atoms with van der Waals surface area (Å²) in [7, 11) is 0. The van der Waals surface area contributed by atoms with Crippen LogP contribution in [0.25, 0.3) is 11.1 Å². The van der Waals surface area contributed by atoms with Crippen molar-refractivity contribution in [2.75, 3.05) is 24.5 Å². The summed E-state index contributed by atoms with van der Waals surface area (Å²) in [5, 5.41) is 2.63. The van der Waals surface area contributed by atoms with Crippen LogP contribution < -0.4 is 10.2 Å². The van der Waals surface area contributed by atoms with Crippen LogP contribution in [-0.2, 0) is 4.74 Å². The van der Waals surface area contributed by atoms with E-state index in [1.54, 1.807) is 6.07 Å². The fraction of sp³-hybridized carbons (Fsp3) is 0.333. The summed E-state index contributed by atoms with van der Waals surface area (Å²) < 4.78 is 23.8. The van der Waals surface area contributed by atoms with Gasteiger partial charge in [0.1, 0.15) is 11.3 Å². The summed E-state index contributed by atoms with van der Waals surface area (Å²) in [6, 6.07) is 4.63. The molecule has 0 radical (unpaired) electrons. The average Bonchev–Trinajstić information content (AvgIpc) is 2.89. The zero-order chi connectivity index (χ0) is 13.0. The number of fused-ring (bicyclic) bond motifs is 1. The third-order valence-corrected chi connectivity index (χ3v) is 3.43. The molecule has 2 aliphatic rings. The van der Waals surface area contributed by atoms with E-state index in [4.69, 9.17) is 9.15 Å². The second kappa shape index (κ2) is 3.37. The molecule has 0 aliphatic carbocycles. The number of alkyl carbamates (subject to hydrolysis) is 1. The lowest BCUT2D eigenvalue weighted by Gasteiger charge is -2.44. The first-order valence-electron chi connectivity index (χ1n) is 5.92. The third kappa shape index (κ3) is 1.54. The second-order valence-corrected chi connectivity index (χ2v) is 4.89. The molecule has 1 aromatic heterocycles. The normalized spacial score (nSPS) is 20.5. The fourth-order valence-electron chi connectivity index (χ4n) is 2.49. The third-order valence-electron chi connectivity index (χ3n) is 3.43. The molecule has 2 saturated heterocycles. The molecule has 2 fully saturated rings. The smallest absolute Gasteiger partial charge is 0.408 e. The topological polar surface area (TPSA) is 67.6 Å². The number of hydrogen-bond donors (Lipinski definition) is 1. The van der Waals surface area contributed by atoms with Crippen LogP contribution in [0.2, 0.25) is 0 Å². The van der Waals surface area contributed by atoms with E-state index in [1.165, 1.54) is 12.1 Å². The van der Waals surface area contributed by atoms with Gasteiger partial charge in [-0.05, 0) is 12.1 Å². The summed E-state index contributed by atoms with van der Waals surface area (Å²) in [5.74, 6) is -0.346. The molecule has 1 spiro atoms. The number of rotatable bonds is 1. The number of hydrogen-bond acceptors (Lipinski definition) is 5. The summed E-state index contributed by atoms with van der Waals surface area (Å²) in [5.41, 5.74) is 0.555. The minimum atomic E-state index is -0.469. The van der Waals surface area contributed by atoms with Crippen LogP contribution in [0.15, 0.2) is 22.6 Å². The maximum Gasteiger partial charge on any atom is 0.408 e. The molecule has 2 aromatic rings. The number of amides is 1. The minimum Gasteiger partial charge on any atom is -0.437 e. The van der Waals surface area contributed by atoms with Gasteiger partial charge < -0.3 is 19.4 Å². The van der Waals surface area contributed by atoms with E-state index in [2.05, 4.69) is 10.3 Å². The fourth-order valence-corrected chi connectivity index (χ4v) is 2.49. The number of oxazole rings is 1. The highest BCUT2D eigenvalue weighted by molar-refractivity contribution is 5.75. The lowest BCUT2D eigenvalue weighted by atomic mass is 9.95. The Balaban J connectivity index is 1.58. The maximum atomic E-state index is 13.1. The summed E-state index contributed by atoms with van der Waals surface area (Å²) in [6.45, 7) is 1.55. The van der Waals surface area contributed by atoms with E-state index in [1.807, 2.05) is 4.90 Å². The summed E-state index contributed by atoms with van der Waals surface area (Å²) in [6.07, 6.45) is -0.390. The molecule has 19 heavy (non-hydrogen) atoms. The van der Waals surface area contributed by atoms with E-state index in [0.717, 1.165) is 0 Å². The van der Waals surface area contributed by atoms with Gasteiger partial charge in [-0.2, -0.15) is 4.98 Å². The predicted octanol–water partition coefficient (Wildman–Crippen LogP) is 1.27. The number of nitrogens with zero attached hydrogens (tertiary/aromatic N) is 2. The number of benzene rings is 1. The molecular weight excluding hydrogens is 253 g/mol. The first-order chi connectivity index (χ1) is 9.13. The number of halogens is 1. The molecule has 1 amide bonds. The number of carbonyl (C=O) groups is 1. The van der Waals surface area contributed by atoms with Gasteiger partial charge in [0.15, 0.2) is 11.2 Å². The van der Waals surface area contributed by atoms with Crippen LogP contribution in [0.1, 0.15) is 0 Å². The van der Waals surface area contributed by atoms with Gasteiger partial charge in [0.05, 0.1) is 19.6 Å². The monoisotopic (exact) mass is 263 g/mol. The van der Waals surface area contributed by atoms with Crippen molar-refractivity contribution >= 4 is 23.2 Å². The Morgan fingerprint density at radius 3 is 3.00 bits per heavy atom. The van der Waals surface area contributed by atoms with Gasteiger partial charge in [-0.1, -0.05) is 0 Å². The van der Waals surface area contributed by atoms with Gasteiger partial charge in [0.25, 0.3) is 6.01 Å². The first kappa shape index (κ1) is 10.6. The van der Waals surface area contributed by atoms with Crippen molar-refractivity contribution in [3.05, 3.63) is 24.0 Å². The van der Waals surface area contributed by atoms with Crippen LogP contribution in [-0.4, -0.2) is 36.3 Å². The molecular formula is C12H10FN3O3. The van der Waals surface area contributed by atoms with Crippen LogP contribution in [0.4, 0.5) is 15.2 Å². The Labute approximate surface area is 107 Å². The molecule has 2 aliphatic heterocycles. The van der Waals surface area contributed by atoms with Crippen LogP contribution in [0.5, 0.6) is 0 Å². The molecule has 1 aromatic carbocycles. The van der Waals surface area contributed by atoms with Gasteiger partial charge in [0, 0.05) is 6.07 Å². The van der Waals surface area contributed by atoms with Crippen LogP contribution >= 0.6 is 0 Å². The number of anilines is 1. The Kier molecular flexibility index (Phi) is 1.88. The minimum absolute atomic E-state index is 0.346. The van der Waals surface area contributed by atoms with Crippen molar-refractivity contribution in [2.45, 2.75) is 5.60 Å². The molecule has 0 bridgehead atoms. The second-order valence-electron chi connectivity index (χ2n) is 4.89. The van der Waals surface area contributed by atoms with E-state index in [9.17, 15) is 9.18 Å². The molecule has 6 nitrogen and oxygen atoms in total. The zero-order valence-corrected chi connectivity index (χ0v) is 9.85. The van der Waals surface area contributed by atoms with Gasteiger partial charge in [-0.15, -0.1) is 0 Å². The summed E-state index contributed by atoms with van der Waals surface area (Å²) in [4.78, 5) is 17.1. The highest BCUT2D eigenvalue weighted by atomic mass is 19.1. The molecule has 3 heterocycles. The average molecular weight is 263 g/mol. The Hall–Kier alpha value is -2.31. The number of nitrogens with one attached hydrogen (secondary N) is 1. The molecule has 4 rings (SSSR count). The van der Waals surface area contributed by atoms with Gasteiger partial charge in [-0.3, -0.25) is 0 Å². The number of carbonyl (C=O) groups excluding carboxylic acids is 1. The lowest BCUT2D eigenvalue weighted by molar-refractivity contribution is 0.0307. The number of ether oxygens (including phenoxy) is 1. The Morgan fingerprint density at radius 2 is 2.26 bits per heavy atom. The SMILES string of the molecule is O=C1NCC2(CN(c3nc4cc(F)ccc4o3)C2)O1. The van der Waals surface area contributed by atoms with Crippen molar-refractivity contribution in [1.82, 2.24) is 10.3 Å². The molecule has 1 N–H and O–H groups in total. The highest BCUT2D eigenvalue weighted by Crippen LogP contribution is 2.33. The number of aromatic nitrogens is 1. The Bertz CT molecular complexity index is 678. The summed E-state index contributed by atoms with van der Waals surface area (Å²) >= 11 is 0. The largest absolute Gasteiger partial charge is 0.437 e. The van der Waals surface area contributed by atoms with Crippen molar-refractivity contribution < 1.29 is 18.3 Å². The molecule has 0 atom stereocenters. The van der Waals surface area contributed by atoms with Crippen LogP contribution in [0.3, 0.4) is 0 Å². The van der Waals surface area contributed by atoms with E-state index >= 15 is 0 Å². The molecule has 7 heteroatoms. The quantitative estimate of drug-likeness (QED) is 0.839. The van der Waals surface area contributed by atoms with Gasteiger partial charge in [0.2, 0.25) is 0 Å². The molecule has 0 saturated carbocycles. The molecule has 0 unspecified atom stereocenters. The lowest BCUT2D eigenvalue weighted by Crippen LogP contribution is -2.64. The van der Waals surface area contributed by atoms with Crippen molar-refractivity contribution in [1.29, 1.82) is 0 Å². The van der Waals surface area contributed by atoms with Crippen molar-refractivity contribution in [3.63, 3.8) is 0 Å². The predicted molar refractivity (Wildman–Crippen MR) is 63.4 cm³/mol. The van der Waals surface area contributed by atoms with E-state index < -0.39 is 5.60 Å². The maximum absolute atomic E-state index is 13.1. The zero-order valence-electron chi connectivity index (χ0n) is 9.85. The standard InChI is InChI=1S/C12H10FN3O3/c13-7-1-2-9-8(3-7)15-10(18-9)16-5-12(6-16)4-14-11(17)19-12/h1-3H,4-6H2,(H,14,17). The van der Waals surface area contributed by atoms with E-state index in [-0.39, 0.29) is 11.9 Å². The van der Waals surface area contributed by atoms with Gasteiger partial charge in [-0.25, -0.2) is 9.18 Å². The molecule has 98 valence electrons. The van der Waals surface area contributed by atoms with Crippen LogP contribution in [0, 0.1) is 5.82 Å².